The maximum absolute atomic E-state index is 11.9. The molecule has 0 fully saturated rings. The summed E-state index contributed by atoms with van der Waals surface area (Å²) in [6.45, 7) is 12.6. The first-order chi connectivity index (χ1) is 8.61. The van der Waals surface area contributed by atoms with Gasteiger partial charge in [0.1, 0.15) is 0 Å². The van der Waals surface area contributed by atoms with Gasteiger partial charge in [-0.25, -0.2) is 0 Å². The molecule has 19 heavy (non-hydrogen) atoms. The lowest BCUT2D eigenvalue weighted by Gasteiger charge is -2.19. The minimum absolute atomic E-state index is 0.204. The van der Waals surface area contributed by atoms with Crippen LogP contribution in [0.3, 0.4) is 0 Å². The highest BCUT2D eigenvalue weighted by Gasteiger charge is 2.18. The molecule has 0 aliphatic carbocycles. The Bertz CT molecular complexity index is 294. The third-order valence-electron chi connectivity index (χ3n) is 2.41. The summed E-state index contributed by atoms with van der Waals surface area (Å²) < 4.78 is 22.5. The highest BCUT2D eigenvalue weighted by molar-refractivity contribution is 7.44. The second kappa shape index (κ2) is 8.76. The van der Waals surface area contributed by atoms with E-state index in [1.807, 2.05) is 34.6 Å². The van der Waals surface area contributed by atoms with E-state index in [2.05, 4.69) is 0 Å². The summed E-state index contributed by atoms with van der Waals surface area (Å²) >= 11 is 0. The second-order valence-electron chi connectivity index (χ2n) is 6.38. The standard InChI is InChI=1S/C14H29O4P/c1-11(2)9-17-13(15)12(3)10-19(16)8-7-18-14(4,5)6/h11-12,19H,7-10H2,1-6H3. The van der Waals surface area contributed by atoms with Crippen molar-refractivity contribution in [1.29, 1.82) is 0 Å². The minimum Gasteiger partial charge on any atom is -0.465 e. The molecule has 0 bridgehead atoms. The van der Waals surface area contributed by atoms with Crippen molar-refractivity contribution >= 4 is 13.8 Å². The normalized spacial score (nSPS) is 15.3. The lowest BCUT2D eigenvalue weighted by atomic mass is 10.2. The number of esters is 1. The van der Waals surface area contributed by atoms with Crippen molar-refractivity contribution < 1.29 is 18.8 Å². The maximum Gasteiger partial charge on any atom is 0.309 e. The third-order valence-corrected chi connectivity index (χ3v) is 4.24. The lowest BCUT2D eigenvalue weighted by Crippen LogP contribution is -2.22. The van der Waals surface area contributed by atoms with Crippen molar-refractivity contribution in [3.63, 3.8) is 0 Å². The highest BCUT2D eigenvalue weighted by atomic mass is 31.1. The van der Waals surface area contributed by atoms with Gasteiger partial charge in [0, 0.05) is 12.3 Å². The number of hydrogen-bond acceptors (Lipinski definition) is 4. The third kappa shape index (κ3) is 11.2. The van der Waals surface area contributed by atoms with E-state index in [0.717, 1.165) is 0 Å². The van der Waals surface area contributed by atoms with E-state index >= 15 is 0 Å². The number of ether oxygens (including phenoxy) is 2. The Morgan fingerprint density at radius 3 is 2.26 bits per heavy atom. The van der Waals surface area contributed by atoms with Crippen molar-refractivity contribution in [2.45, 2.75) is 47.1 Å². The van der Waals surface area contributed by atoms with Crippen LogP contribution in [0.2, 0.25) is 0 Å². The smallest absolute Gasteiger partial charge is 0.309 e. The minimum atomic E-state index is -1.77. The van der Waals surface area contributed by atoms with E-state index < -0.39 is 7.80 Å². The van der Waals surface area contributed by atoms with Gasteiger partial charge in [0.15, 0.2) is 0 Å². The predicted octanol–water partition coefficient (Wildman–Crippen LogP) is 3.20. The Labute approximate surface area is 118 Å². The first-order valence-electron chi connectivity index (χ1n) is 6.94. The summed E-state index contributed by atoms with van der Waals surface area (Å²) in [5.74, 6) is -0.211. The molecule has 0 saturated heterocycles. The van der Waals surface area contributed by atoms with E-state index in [9.17, 15) is 9.36 Å². The van der Waals surface area contributed by atoms with Crippen molar-refractivity contribution in [2.24, 2.45) is 11.8 Å². The highest BCUT2D eigenvalue weighted by Crippen LogP contribution is 2.25. The first kappa shape index (κ1) is 18.7. The fourth-order valence-corrected chi connectivity index (χ4v) is 2.77. The van der Waals surface area contributed by atoms with Crippen molar-refractivity contribution in [3.8, 4) is 0 Å². The topological polar surface area (TPSA) is 52.6 Å². The Morgan fingerprint density at radius 2 is 1.79 bits per heavy atom. The molecule has 0 spiro atoms. The van der Waals surface area contributed by atoms with Crippen molar-refractivity contribution in [2.75, 3.05) is 25.5 Å². The van der Waals surface area contributed by atoms with Crippen LogP contribution in [0.5, 0.6) is 0 Å². The summed E-state index contributed by atoms with van der Waals surface area (Å²) in [7, 11) is -1.77. The van der Waals surface area contributed by atoms with Crippen LogP contribution in [0.4, 0.5) is 0 Å². The maximum atomic E-state index is 11.9. The quantitative estimate of drug-likeness (QED) is 0.509. The van der Waals surface area contributed by atoms with Gasteiger partial charge in [0.2, 0.25) is 0 Å². The molecule has 0 aromatic carbocycles. The van der Waals surface area contributed by atoms with Gasteiger partial charge in [-0.3, -0.25) is 4.79 Å². The zero-order valence-corrected chi connectivity index (χ0v) is 14.1. The van der Waals surface area contributed by atoms with Crippen LogP contribution < -0.4 is 0 Å². The Morgan fingerprint density at radius 1 is 1.21 bits per heavy atom. The molecule has 0 aliphatic rings. The van der Waals surface area contributed by atoms with Gasteiger partial charge in [-0.2, -0.15) is 0 Å². The van der Waals surface area contributed by atoms with Gasteiger partial charge in [0.25, 0.3) is 0 Å². The Kier molecular flexibility index (Phi) is 8.60. The van der Waals surface area contributed by atoms with Gasteiger partial charge in [-0.05, 0) is 26.7 Å². The number of carbonyl (C=O) groups is 1. The van der Waals surface area contributed by atoms with E-state index in [1.54, 1.807) is 6.92 Å². The lowest BCUT2D eigenvalue weighted by molar-refractivity contribution is -0.148. The van der Waals surface area contributed by atoms with Crippen LogP contribution in [0.25, 0.3) is 0 Å². The molecule has 0 rings (SSSR count). The van der Waals surface area contributed by atoms with Gasteiger partial charge in [-0.1, -0.05) is 20.8 Å². The van der Waals surface area contributed by atoms with E-state index in [0.29, 0.717) is 31.5 Å². The van der Waals surface area contributed by atoms with E-state index in [1.165, 1.54) is 0 Å². The molecule has 0 radical (unpaired) electrons. The van der Waals surface area contributed by atoms with Gasteiger partial charge in [0.05, 0.1) is 32.5 Å². The van der Waals surface area contributed by atoms with Crippen molar-refractivity contribution in [3.05, 3.63) is 0 Å². The summed E-state index contributed by atoms with van der Waals surface area (Å²) in [4.78, 5) is 11.6. The molecule has 4 nitrogen and oxygen atoms in total. The van der Waals surface area contributed by atoms with Crippen LogP contribution in [0.1, 0.15) is 41.5 Å². The van der Waals surface area contributed by atoms with E-state index in [-0.39, 0.29) is 17.5 Å². The fourth-order valence-electron chi connectivity index (χ4n) is 1.39. The first-order valence-corrected chi connectivity index (χ1v) is 8.76. The largest absolute Gasteiger partial charge is 0.465 e. The molecule has 0 heterocycles. The summed E-state index contributed by atoms with van der Waals surface area (Å²) in [5, 5.41) is 0. The van der Waals surface area contributed by atoms with E-state index in [4.69, 9.17) is 9.47 Å². The molecule has 0 aromatic heterocycles. The van der Waals surface area contributed by atoms with Crippen LogP contribution in [-0.4, -0.2) is 37.1 Å². The Balaban J connectivity index is 3.89. The molecule has 2 atom stereocenters. The average molecular weight is 292 g/mol. The second-order valence-corrected chi connectivity index (χ2v) is 8.36. The molecular formula is C14H29O4P. The predicted molar refractivity (Wildman–Crippen MR) is 79.4 cm³/mol. The molecule has 5 heteroatoms. The molecule has 0 N–H and O–H groups in total. The molecule has 2 unspecified atom stereocenters. The molecular weight excluding hydrogens is 263 g/mol. The number of carbonyl (C=O) groups excluding carboxylic acids is 1. The molecule has 0 aromatic rings. The van der Waals surface area contributed by atoms with Gasteiger partial charge in [-0.15, -0.1) is 0 Å². The van der Waals surface area contributed by atoms with Crippen LogP contribution in [0.15, 0.2) is 0 Å². The van der Waals surface area contributed by atoms with Crippen LogP contribution in [-0.2, 0) is 18.8 Å². The average Bonchev–Trinajstić information content (AvgIpc) is 2.23. The SMILES string of the molecule is CC(C)COC(=O)C(C)C[PH](=O)CCOC(C)(C)C. The number of rotatable bonds is 8. The Hall–Kier alpha value is -0.340. The molecule has 0 saturated carbocycles. The number of hydrogen-bond donors (Lipinski definition) is 0. The van der Waals surface area contributed by atoms with Crippen LogP contribution in [0, 0.1) is 11.8 Å². The molecule has 114 valence electrons. The monoisotopic (exact) mass is 292 g/mol. The van der Waals surface area contributed by atoms with Gasteiger partial charge < -0.3 is 14.0 Å². The van der Waals surface area contributed by atoms with Crippen molar-refractivity contribution in [1.82, 2.24) is 0 Å². The molecule has 0 amide bonds. The summed E-state index contributed by atoms with van der Waals surface area (Å²) in [5.41, 5.74) is -0.204. The molecule has 0 aliphatic heterocycles. The zero-order valence-electron chi connectivity index (χ0n) is 13.1. The zero-order chi connectivity index (χ0) is 15.1. The van der Waals surface area contributed by atoms with Crippen LogP contribution >= 0.6 is 7.80 Å². The fraction of sp³-hybridized carbons (Fsp3) is 0.929. The van der Waals surface area contributed by atoms with Gasteiger partial charge >= 0.3 is 5.97 Å². The summed E-state index contributed by atoms with van der Waals surface area (Å²) in [6.07, 6.45) is 0.943. The summed E-state index contributed by atoms with van der Waals surface area (Å²) in [6, 6.07) is 0.